The van der Waals surface area contributed by atoms with Crippen LogP contribution in [-0.4, -0.2) is 18.7 Å². The van der Waals surface area contributed by atoms with Crippen LogP contribution in [0.2, 0.25) is 0 Å². The molecule has 0 aromatic heterocycles. The average molecular weight is 343 g/mol. The van der Waals surface area contributed by atoms with Crippen molar-refractivity contribution in [1.29, 1.82) is 0 Å². The van der Waals surface area contributed by atoms with Gasteiger partial charge in [-0.2, -0.15) is 0 Å². The zero-order chi connectivity index (χ0) is 15.1. The SMILES string of the molecule is CSc1ccc(CNC(=O)CC2(CN)CCCCC2)cc1.Cl. The number of hydrogen-bond donors (Lipinski definition) is 2. The van der Waals surface area contributed by atoms with Crippen LogP contribution < -0.4 is 11.1 Å². The van der Waals surface area contributed by atoms with Crippen LogP contribution in [0.5, 0.6) is 0 Å². The molecule has 0 unspecified atom stereocenters. The van der Waals surface area contributed by atoms with E-state index in [1.807, 2.05) is 0 Å². The molecule has 2 rings (SSSR count). The Hall–Kier alpha value is -0.710. The predicted octanol–water partition coefficient (Wildman–Crippen LogP) is 3.75. The van der Waals surface area contributed by atoms with Crippen molar-refractivity contribution >= 4 is 30.1 Å². The van der Waals surface area contributed by atoms with E-state index in [1.165, 1.54) is 24.2 Å². The Kier molecular flexibility index (Phi) is 8.29. The van der Waals surface area contributed by atoms with E-state index >= 15 is 0 Å². The number of halogens is 1. The topological polar surface area (TPSA) is 55.1 Å². The maximum atomic E-state index is 12.2. The number of carbonyl (C=O) groups excluding carboxylic acids is 1. The largest absolute Gasteiger partial charge is 0.352 e. The molecule has 1 amide bonds. The number of carbonyl (C=O) groups is 1. The smallest absolute Gasteiger partial charge is 0.220 e. The number of benzene rings is 1. The summed E-state index contributed by atoms with van der Waals surface area (Å²) in [5.41, 5.74) is 7.14. The molecule has 5 heteroatoms. The van der Waals surface area contributed by atoms with Gasteiger partial charge in [-0.05, 0) is 48.8 Å². The van der Waals surface area contributed by atoms with Gasteiger partial charge in [-0.25, -0.2) is 0 Å². The monoisotopic (exact) mass is 342 g/mol. The summed E-state index contributed by atoms with van der Waals surface area (Å²) in [5.74, 6) is 0.135. The third-order valence-corrected chi connectivity index (χ3v) is 5.28. The molecule has 1 aromatic rings. The van der Waals surface area contributed by atoms with E-state index in [1.54, 1.807) is 11.8 Å². The molecule has 1 fully saturated rings. The van der Waals surface area contributed by atoms with Crippen LogP contribution in [0.3, 0.4) is 0 Å². The second-order valence-electron chi connectivity index (χ2n) is 6.07. The number of rotatable bonds is 6. The lowest BCUT2D eigenvalue weighted by Crippen LogP contribution is -2.38. The highest BCUT2D eigenvalue weighted by atomic mass is 35.5. The fraction of sp³-hybridized carbons (Fsp3) is 0.588. The molecular formula is C17H27ClN2OS. The lowest BCUT2D eigenvalue weighted by Gasteiger charge is -2.35. The summed E-state index contributed by atoms with van der Waals surface area (Å²) in [6, 6.07) is 8.33. The molecule has 124 valence electrons. The zero-order valence-electron chi connectivity index (χ0n) is 13.3. The molecule has 1 aliphatic carbocycles. The minimum Gasteiger partial charge on any atom is -0.352 e. The van der Waals surface area contributed by atoms with Crippen molar-refractivity contribution in [3.8, 4) is 0 Å². The first-order valence-electron chi connectivity index (χ1n) is 7.77. The van der Waals surface area contributed by atoms with Gasteiger partial charge in [-0.1, -0.05) is 31.4 Å². The summed E-state index contributed by atoms with van der Waals surface area (Å²) in [6.07, 6.45) is 8.53. The molecule has 1 aliphatic rings. The van der Waals surface area contributed by atoms with Gasteiger partial charge in [0.25, 0.3) is 0 Å². The first-order chi connectivity index (χ1) is 10.2. The van der Waals surface area contributed by atoms with Gasteiger partial charge in [-0.3, -0.25) is 4.79 Å². The van der Waals surface area contributed by atoms with E-state index in [0.717, 1.165) is 18.4 Å². The highest BCUT2D eigenvalue weighted by molar-refractivity contribution is 7.98. The van der Waals surface area contributed by atoms with Gasteiger partial charge in [0.1, 0.15) is 0 Å². The van der Waals surface area contributed by atoms with Crippen LogP contribution in [-0.2, 0) is 11.3 Å². The molecule has 3 nitrogen and oxygen atoms in total. The lowest BCUT2D eigenvalue weighted by atomic mass is 9.71. The fourth-order valence-corrected chi connectivity index (χ4v) is 3.51. The van der Waals surface area contributed by atoms with Crippen molar-refractivity contribution in [3.63, 3.8) is 0 Å². The summed E-state index contributed by atoms with van der Waals surface area (Å²) in [4.78, 5) is 13.4. The zero-order valence-corrected chi connectivity index (χ0v) is 14.9. The molecule has 0 bridgehead atoms. The first-order valence-corrected chi connectivity index (χ1v) is 9.00. The Labute approximate surface area is 144 Å². The third-order valence-electron chi connectivity index (χ3n) is 4.53. The number of nitrogens with two attached hydrogens (primary N) is 1. The Balaban J connectivity index is 0.00000242. The normalized spacial score (nSPS) is 16.6. The molecule has 0 spiro atoms. The van der Waals surface area contributed by atoms with Crippen molar-refractivity contribution in [3.05, 3.63) is 29.8 Å². The van der Waals surface area contributed by atoms with E-state index in [4.69, 9.17) is 5.73 Å². The molecule has 1 saturated carbocycles. The summed E-state index contributed by atoms with van der Waals surface area (Å²) in [5, 5.41) is 3.04. The van der Waals surface area contributed by atoms with Crippen molar-refractivity contribution < 1.29 is 4.79 Å². The Morgan fingerprint density at radius 1 is 1.23 bits per heavy atom. The standard InChI is InChI=1S/C17H26N2OS.ClH/c1-21-15-7-5-14(6-8-15)12-19-16(20)11-17(13-18)9-3-2-4-10-17;/h5-8H,2-4,9-13,18H2,1H3,(H,19,20);1H. The van der Waals surface area contributed by atoms with E-state index in [0.29, 0.717) is 19.5 Å². The highest BCUT2D eigenvalue weighted by Gasteiger charge is 2.32. The number of amides is 1. The van der Waals surface area contributed by atoms with Crippen LogP contribution in [0, 0.1) is 5.41 Å². The predicted molar refractivity (Wildman–Crippen MR) is 96.5 cm³/mol. The maximum Gasteiger partial charge on any atom is 0.220 e. The second-order valence-corrected chi connectivity index (χ2v) is 6.95. The third kappa shape index (κ3) is 5.49. The van der Waals surface area contributed by atoms with Gasteiger partial charge in [0.2, 0.25) is 5.91 Å². The number of hydrogen-bond acceptors (Lipinski definition) is 3. The maximum absolute atomic E-state index is 12.2. The highest BCUT2D eigenvalue weighted by Crippen LogP contribution is 2.38. The summed E-state index contributed by atoms with van der Waals surface area (Å²) >= 11 is 1.73. The molecule has 0 atom stereocenters. The molecule has 0 heterocycles. The van der Waals surface area contributed by atoms with E-state index < -0.39 is 0 Å². The van der Waals surface area contributed by atoms with E-state index in [-0.39, 0.29) is 23.7 Å². The Morgan fingerprint density at radius 3 is 2.41 bits per heavy atom. The fourth-order valence-electron chi connectivity index (χ4n) is 3.10. The van der Waals surface area contributed by atoms with Gasteiger partial charge in [0.05, 0.1) is 0 Å². The van der Waals surface area contributed by atoms with Crippen LogP contribution in [0.4, 0.5) is 0 Å². The van der Waals surface area contributed by atoms with Crippen LogP contribution in [0.25, 0.3) is 0 Å². The minimum atomic E-state index is 0. The van der Waals surface area contributed by atoms with Crippen molar-refractivity contribution in [2.45, 2.75) is 50.0 Å². The molecule has 3 N–H and O–H groups in total. The number of nitrogens with one attached hydrogen (secondary N) is 1. The van der Waals surface area contributed by atoms with Crippen molar-refractivity contribution in [2.75, 3.05) is 12.8 Å². The molecule has 22 heavy (non-hydrogen) atoms. The minimum absolute atomic E-state index is 0. The molecule has 0 radical (unpaired) electrons. The molecule has 0 aliphatic heterocycles. The van der Waals surface area contributed by atoms with Gasteiger partial charge < -0.3 is 11.1 Å². The summed E-state index contributed by atoms with van der Waals surface area (Å²) in [6.45, 7) is 1.23. The van der Waals surface area contributed by atoms with Gasteiger partial charge in [0.15, 0.2) is 0 Å². The quantitative estimate of drug-likeness (QED) is 0.774. The Bertz CT molecular complexity index is 458. The number of thioether (sulfide) groups is 1. The first kappa shape index (κ1) is 19.3. The summed E-state index contributed by atoms with van der Waals surface area (Å²) < 4.78 is 0. The summed E-state index contributed by atoms with van der Waals surface area (Å²) in [7, 11) is 0. The Morgan fingerprint density at radius 2 is 1.86 bits per heavy atom. The van der Waals surface area contributed by atoms with Gasteiger partial charge in [-0.15, -0.1) is 24.2 Å². The lowest BCUT2D eigenvalue weighted by molar-refractivity contribution is -0.124. The molecular weight excluding hydrogens is 316 g/mol. The van der Waals surface area contributed by atoms with Crippen LogP contribution >= 0.6 is 24.2 Å². The van der Waals surface area contributed by atoms with E-state index in [2.05, 4.69) is 35.8 Å². The van der Waals surface area contributed by atoms with Gasteiger partial charge >= 0.3 is 0 Å². The van der Waals surface area contributed by atoms with Crippen LogP contribution in [0.15, 0.2) is 29.2 Å². The molecule has 0 saturated heterocycles. The van der Waals surface area contributed by atoms with Crippen LogP contribution in [0.1, 0.15) is 44.1 Å². The second kappa shape index (κ2) is 9.43. The molecule has 1 aromatic carbocycles. The van der Waals surface area contributed by atoms with Gasteiger partial charge in [0, 0.05) is 17.9 Å². The van der Waals surface area contributed by atoms with Crippen molar-refractivity contribution in [2.24, 2.45) is 11.1 Å². The van der Waals surface area contributed by atoms with E-state index in [9.17, 15) is 4.79 Å². The van der Waals surface area contributed by atoms with Crippen molar-refractivity contribution in [1.82, 2.24) is 5.32 Å². The average Bonchev–Trinajstić information content (AvgIpc) is 2.54.